The molecule has 1 N–H and O–H groups in total. The van der Waals surface area contributed by atoms with Gasteiger partial charge in [-0.25, -0.2) is 0 Å². The summed E-state index contributed by atoms with van der Waals surface area (Å²) in [5.41, 5.74) is 1.16. The summed E-state index contributed by atoms with van der Waals surface area (Å²) in [5.74, 6) is 0. The van der Waals surface area contributed by atoms with Crippen LogP contribution in [0.1, 0.15) is 19.5 Å². The fourth-order valence-corrected chi connectivity index (χ4v) is 1.47. The van der Waals surface area contributed by atoms with E-state index in [9.17, 15) is 0 Å². The van der Waals surface area contributed by atoms with Crippen LogP contribution in [-0.4, -0.2) is 29.1 Å². The lowest BCUT2D eigenvalue weighted by molar-refractivity contribution is 0.589. The molecule has 0 radical (unpaired) electrons. The highest BCUT2D eigenvalue weighted by Gasteiger charge is 2.14. The van der Waals surface area contributed by atoms with Crippen LogP contribution >= 0.6 is 11.8 Å². The zero-order valence-corrected chi connectivity index (χ0v) is 10.6. The van der Waals surface area contributed by atoms with E-state index in [2.05, 4.69) is 36.5 Å². The molecule has 2 nitrogen and oxygen atoms in total. The first kappa shape index (κ1) is 12.5. The molecular formula is C12H20N2S. The Bertz CT molecular complexity index is 272. The van der Waals surface area contributed by atoms with Crippen molar-refractivity contribution in [3.05, 3.63) is 30.1 Å². The van der Waals surface area contributed by atoms with E-state index in [4.69, 9.17) is 0 Å². The van der Waals surface area contributed by atoms with Crippen LogP contribution in [0.15, 0.2) is 24.4 Å². The fourth-order valence-electron chi connectivity index (χ4n) is 1.22. The summed E-state index contributed by atoms with van der Waals surface area (Å²) in [6, 6.07) is 6.06. The molecule has 0 unspecified atom stereocenters. The van der Waals surface area contributed by atoms with Crippen molar-refractivity contribution in [3.63, 3.8) is 0 Å². The van der Waals surface area contributed by atoms with Gasteiger partial charge >= 0.3 is 0 Å². The number of aromatic nitrogens is 1. The smallest absolute Gasteiger partial charge is 0.0416 e. The van der Waals surface area contributed by atoms with Gasteiger partial charge in [0.15, 0.2) is 0 Å². The first-order chi connectivity index (χ1) is 7.14. The molecule has 0 aromatic carbocycles. The molecule has 0 aliphatic heterocycles. The van der Waals surface area contributed by atoms with Crippen molar-refractivity contribution >= 4 is 11.8 Å². The molecule has 0 spiro atoms. The molecule has 0 aliphatic carbocycles. The Morgan fingerprint density at radius 3 is 2.80 bits per heavy atom. The van der Waals surface area contributed by atoms with Crippen LogP contribution in [0.3, 0.4) is 0 Å². The molecule has 1 aromatic rings. The van der Waals surface area contributed by atoms with Gasteiger partial charge in [-0.15, -0.1) is 0 Å². The largest absolute Gasteiger partial charge is 0.315 e. The molecule has 3 heteroatoms. The highest BCUT2D eigenvalue weighted by Crippen LogP contribution is 2.19. The number of nitrogens with zero attached hydrogens (tertiary/aromatic N) is 1. The van der Waals surface area contributed by atoms with Gasteiger partial charge in [0.25, 0.3) is 0 Å². The zero-order valence-electron chi connectivity index (χ0n) is 9.79. The van der Waals surface area contributed by atoms with Gasteiger partial charge in [0.1, 0.15) is 0 Å². The van der Waals surface area contributed by atoms with Crippen LogP contribution in [0.5, 0.6) is 0 Å². The van der Waals surface area contributed by atoms with Gasteiger partial charge in [-0.05, 0) is 32.2 Å². The molecule has 1 aromatic heterocycles. The highest BCUT2D eigenvalue weighted by atomic mass is 32.2. The number of rotatable bonds is 6. The summed E-state index contributed by atoms with van der Waals surface area (Å²) in [4.78, 5) is 4.29. The van der Waals surface area contributed by atoms with Crippen molar-refractivity contribution in [2.45, 2.75) is 25.0 Å². The van der Waals surface area contributed by atoms with E-state index in [1.54, 1.807) is 0 Å². The Balaban J connectivity index is 2.18. The molecule has 0 atom stereocenters. The minimum Gasteiger partial charge on any atom is -0.315 e. The van der Waals surface area contributed by atoms with E-state index < -0.39 is 0 Å². The van der Waals surface area contributed by atoms with Crippen LogP contribution < -0.4 is 5.32 Å². The van der Waals surface area contributed by atoms with E-state index in [0.717, 1.165) is 25.2 Å². The van der Waals surface area contributed by atoms with Crippen molar-refractivity contribution in [2.75, 3.05) is 19.3 Å². The maximum absolute atomic E-state index is 4.29. The molecule has 0 bridgehead atoms. The van der Waals surface area contributed by atoms with E-state index in [1.807, 2.05) is 30.1 Å². The Morgan fingerprint density at radius 1 is 1.40 bits per heavy atom. The van der Waals surface area contributed by atoms with Crippen molar-refractivity contribution in [1.82, 2.24) is 10.3 Å². The van der Waals surface area contributed by atoms with Gasteiger partial charge < -0.3 is 5.32 Å². The Hall–Kier alpha value is -0.540. The summed E-state index contributed by atoms with van der Waals surface area (Å²) in [6.45, 7) is 6.55. The van der Waals surface area contributed by atoms with Crippen LogP contribution in [-0.2, 0) is 6.42 Å². The lowest BCUT2D eigenvalue weighted by atomic mass is 10.2. The Morgan fingerprint density at radius 2 is 2.20 bits per heavy atom. The molecule has 0 saturated heterocycles. The molecule has 84 valence electrons. The third-order valence-electron chi connectivity index (χ3n) is 2.39. The minimum absolute atomic E-state index is 0.324. The normalized spacial score (nSPS) is 11.7. The molecular weight excluding hydrogens is 204 g/mol. The SMILES string of the molecule is CSC(C)(C)CNCCc1ccccn1. The third kappa shape index (κ3) is 5.19. The maximum atomic E-state index is 4.29. The molecule has 15 heavy (non-hydrogen) atoms. The Kier molecular flexibility index (Phi) is 5.12. The lowest BCUT2D eigenvalue weighted by Crippen LogP contribution is -2.33. The second-order valence-electron chi connectivity index (χ2n) is 4.21. The van der Waals surface area contributed by atoms with Gasteiger partial charge in [-0.3, -0.25) is 4.98 Å². The minimum atomic E-state index is 0.324. The number of hydrogen-bond acceptors (Lipinski definition) is 3. The summed E-state index contributed by atoms with van der Waals surface area (Å²) < 4.78 is 0.324. The number of hydrogen-bond donors (Lipinski definition) is 1. The number of thioether (sulfide) groups is 1. The monoisotopic (exact) mass is 224 g/mol. The summed E-state index contributed by atoms with van der Waals surface area (Å²) in [6.07, 6.45) is 5.01. The maximum Gasteiger partial charge on any atom is 0.0416 e. The second kappa shape index (κ2) is 6.13. The molecule has 0 saturated carbocycles. The van der Waals surface area contributed by atoms with E-state index >= 15 is 0 Å². The molecule has 0 aliphatic rings. The van der Waals surface area contributed by atoms with Gasteiger partial charge in [-0.2, -0.15) is 11.8 Å². The number of nitrogens with one attached hydrogen (secondary N) is 1. The van der Waals surface area contributed by atoms with Gasteiger partial charge in [0.05, 0.1) is 0 Å². The van der Waals surface area contributed by atoms with Crippen LogP contribution in [0.4, 0.5) is 0 Å². The van der Waals surface area contributed by atoms with Crippen molar-refractivity contribution in [3.8, 4) is 0 Å². The predicted molar refractivity (Wildman–Crippen MR) is 68.4 cm³/mol. The molecule has 0 amide bonds. The summed E-state index contributed by atoms with van der Waals surface area (Å²) in [7, 11) is 0. The van der Waals surface area contributed by atoms with E-state index in [-0.39, 0.29) is 0 Å². The van der Waals surface area contributed by atoms with Crippen molar-refractivity contribution in [1.29, 1.82) is 0 Å². The van der Waals surface area contributed by atoms with Gasteiger partial charge in [-0.1, -0.05) is 6.07 Å². The predicted octanol–water partition coefficient (Wildman–Crippen LogP) is 2.36. The van der Waals surface area contributed by atoms with Crippen LogP contribution in [0.2, 0.25) is 0 Å². The molecule has 1 heterocycles. The van der Waals surface area contributed by atoms with Gasteiger partial charge in [0, 0.05) is 36.1 Å². The van der Waals surface area contributed by atoms with Crippen LogP contribution in [0, 0.1) is 0 Å². The lowest BCUT2D eigenvalue weighted by Gasteiger charge is -2.22. The van der Waals surface area contributed by atoms with E-state index in [0.29, 0.717) is 4.75 Å². The Labute approximate surface area is 96.9 Å². The molecule has 0 fully saturated rings. The quantitative estimate of drug-likeness (QED) is 0.751. The van der Waals surface area contributed by atoms with Crippen molar-refractivity contribution < 1.29 is 0 Å². The van der Waals surface area contributed by atoms with Crippen LogP contribution in [0.25, 0.3) is 0 Å². The number of pyridine rings is 1. The standard InChI is InChI=1S/C12H20N2S/c1-12(2,15-3)10-13-9-7-11-6-4-5-8-14-11/h4-6,8,13H,7,9-10H2,1-3H3. The summed E-state index contributed by atoms with van der Waals surface area (Å²) >= 11 is 1.90. The highest BCUT2D eigenvalue weighted by molar-refractivity contribution is 7.99. The second-order valence-corrected chi connectivity index (χ2v) is 5.73. The third-order valence-corrected chi connectivity index (χ3v) is 3.64. The summed E-state index contributed by atoms with van der Waals surface area (Å²) in [5, 5.41) is 3.46. The first-order valence-electron chi connectivity index (χ1n) is 5.30. The van der Waals surface area contributed by atoms with Crippen molar-refractivity contribution in [2.24, 2.45) is 0 Å². The zero-order chi connectivity index (χ0) is 11.1. The van der Waals surface area contributed by atoms with E-state index in [1.165, 1.54) is 0 Å². The fraction of sp³-hybridized carbons (Fsp3) is 0.583. The average molecular weight is 224 g/mol. The average Bonchev–Trinajstić information content (AvgIpc) is 2.26. The first-order valence-corrected chi connectivity index (χ1v) is 6.52. The molecule has 1 rings (SSSR count). The van der Waals surface area contributed by atoms with Gasteiger partial charge in [0.2, 0.25) is 0 Å². The topological polar surface area (TPSA) is 24.9 Å².